The van der Waals surface area contributed by atoms with Crippen molar-refractivity contribution in [2.75, 3.05) is 7.11 Å². The highest BCUT2D eigenvalue weighted by atomic mass is 16.5. The van der Waals surface area contributed by atoms with E-state index in [1.54, 1.807) is 7.11 Å². The van der Waals surface area contributed by atoms with Crippen LogP contribution in [0.25, 0.3) is 10.9 Å². The van der Waals surface area contributed by atoms with Crippen molar-refractivity contribution < 1.29 is 9.53 Å². The van der Waals surface area contributed by atoms with Gasteiger partial charge in [-0.3, -0.25) is 4.79 Å². The molecule has 1 heterocycles. The summed E-state index contributed by atoms with van der Waals surface area (Å²) in [5, 5.41) is 4.37. The Labute approximate surface area is 153 Å². The number of carbonyl (C=O) groups is 1. The van der Waals surface area contributed by atoms with Crippen molar-refractivity contribution in [3.05, 3.63) is 64.8 Å². The third-order valence-corrected chi connectivity index (χ3v) is 5.34. The van der Waals surface area contributed by atoms with Gasteiger partial charge >= 0.3 is 0 Å². The van der Waals surface area contributed by atoms with Crippen molar-refractivity contribution in [2.45, 2.75) is 32.7 Å². The number of hydrogen-bond acceptors (Lipinski definition) is 2. The van der Waals surface area contributed by atoms with Gasteiger partial charge in [-0.25, -0.2) is 0 Å². The van der Waals surface area contributed by atoms with Gasteiger partial charge in [0.25, 0.3) is 0 Å². The van der Waals surface area contributed by atoms with Crippen molar-refractivity contribution in [1.82, 2.24) is 10.3 Å². The molecule has 0 fully saturated rings. The summed E-state index contributed by atoms with van der Waals surface area (Å²) in [6, 6.07) is 14.3. The van der Waals surface area contributed by atoms with E-state index in [0.29, 0.717) is 6.54 Å². The second-order valence-electron chi connectivity index (χ2n) is 7.14. The third kappa shape index (κ3) is 3.19. The Hall–Kier alpha value is -2.75. The van der Waals surface area contributed by atoms with Gasteiger partial charge < -0.3 is 15.0 Å². The molecule has 0 radical (unpaired) electrons. The molecular weight excluding hydrogens is 324 g/mol. The first-order chi connectivity index (χ1) is 12.6. The Balaban J connectivity index is 1.45. The van der Waals surface area contributed by atoms with Crippen LogP contribution in [0.5, 0.6) is 5.75 Å². The van der Waals surface area contributed by atoms with E-state index < -0.39 is 0 Å². The minimum atomic E-state index is 0.0419. The molecule has 1 amide bonds. The van der Waals surface area contributed by atoms with E-state index in [4.69, 9.17) is 4.74 Å². The second kappa shape index (κ2) is 6.87. The number of hydrogen-bond donors (Lipinski definition) is 2. The van der Waals surface area contributed by atoms with Crippen LogP contribution in [0.2, 0.25) is 0 Å². The molecule has 1 unspecified atom stereocenters. The van der Waals surface area contributed by atoms with Crippen molar-refractivity contribution >= 4 is 16.8 Å². The van der Waals surface area contributed by atoms with Crippen LogP contribution < -0.4 is 10.1 Å². The summed E-state index contributed by atoms with van der Waals surface area (Å²) in [5.41, 5.74) is 6.13. The average molecular weight is 348 g/mol. The Morgan fingerprint density at radius 2 is 2.04 bits per heavy atom. The molecule has 134 valence electrons. The smallest absolute Gasteiger partial charge is 0.223 e. The van der Waals surface area contributed by atoms with Gasteiger partial charge in [-0.2, -0.15) is 0 Å². The van der Waals surface area contributed by atoms with Crippen LogP contribution >= 0.6 is 0 Å². The fraction of sp³-hybridized carbons (Fsp3) is 0.318. The minimum absolute atomic E-state index is 0.0419. The standard InChI is InChI=1S/C22H24N2O2/c1-14-3-9-20-18(11-14)19-12-16(6-10-21(19)24-20)22(25)23-13-15-4-7-17(26-2)8-5-15/h3-5,7-9,11,16,24H,6,10,12-13H2,1-2H3,(H,23,25). The zero-order valence-electron chi connectivity index (χ0n) is 15.3. The van der Waals surface area contributed by atoms with Gasteiger partial charge in [0.05, 0.1) is 7.11 Å². The lowest BCUT2D eigenvalue weighted by Gasteiger charge is -2.22. The number of nitrogens with one attached hydrogen (secondary N) is 2. The van der Waals surface area contributed by atoms with E-state index in [1.165, 1.54) is 27.7 Å². The number of rotatable bonds is 4. The third-order valence-electron chi connectivity index (χ3n) is 5.34. The first-order valence-corrected chi connectivity index (χ1v) is 9.15. The van der Waals surface area contributed by atoms with Gasteiger partial charge in [0.15, 0.2) is 0 Å². The van der Waals surface area contributed by atoms with E-state index >= 15 is 0 Å². The highest BCUT2D eigenvalue weighted by Gasteiger charge is 2.27. The molecule has 0 saturated heterocycles. The molecule has 3 aromatic rings. The maximum absolute atomic E-state index is 12.7. The molecule has 0 bridgehead atoms. The molecule has 0 spiro atoms. The molecule has 26 heavy (non-hydrogen) atoms. The van der Waals surface area contributed by atoms with Gasteiger partial charge in [-0.1, -0.05) is 23.8 Å². The number of aromatic amines is 1. The Kier molecular flexibility index (Phi) is 4.41. The summed E-state index contributed by atoms with van der Waals surface area (Å²) in [6.07, 6.45) is 2.64. The zero-order valence-corrected chi connectivity index (χ0v) is 15.3. The normalized spacial score (nSPS) is 16.3. The van der Waals surface area contributed by atoms with Crippen LogP contribution in [-0.2, 0) is 24.2 Å². The topological polar surface area (TPSA) is 54.1 Å². The summed E-state index contributed by atoms with van der Waals surface area (Å²) in [4.78, 5) is 16.2. The molecule has 0 aliphatic heterocycles. The fourth-order valence-corrected chi connectivity index (χ4v) is 3.83. The second-order valence-corrected chi connectivity index (χ2v) is 7.14. The highest BCUT2D eigenvalue weighted by molar-refractivity contribution is 5.87. The first-order valence-electron chi connectivity index (χ1n) is 9.15. The summed E-state index contributed by atoms with van der Waals surface area (Å²) in [7, 11) is 1.65. The van der Waals surface area contributed by atoms with Crippen LogP contribution in [0.4, 0.5) is 0 Å². The van der Waals surface area contributed by atoms with E-state index in [-0.39, 0.29) is 11.8 Å². The quantitative estimate of drug-likeness (QED) is 0.751. The number of carbonyl (C=O) groups excluding carboxylic acids is 1. The molecule has 1 atom stereocenters. The van der Waals surface area contributed by atoms with Gasteiger partial charge in [0.2, 0.25) is 5.91 Å². The lowest BCUT2D eigenvalue weighted by molar-refractivity contribution is -0.125. The molecule has 0 saturated carbocycles. The van der Waals surface area contributed by atoms with E-state index in [0.717, 1.165) is 30.6 Å². The van der Waals surface area contributed by atoms with Crippen LogP contribution in [0.1, 0.15) is 28.8 Å². The number of ether oxygens (including phenoxy) is 1. The van der Waals surface area contributed by atoms with Crippen molar-refractivity contribution in [1.29, 1.82) is 0 Å². The molecule has 1 aliphatic rings. The molecule has 1 aromatic heterocycles. The van der Waals surface area contributed by atoms with Gasteiger partial charge in [0, 0.05) is 29.1 Å². The summed E-state index contributed by atoms with van der Waals surface area (Å²) >= 11 is 0. The van der Waals surface area contributed by atoms with E-state index in [9.17, 15) is 4.79 Å². The monoisotopic (exact) mass is 348 g/mol. The van der Waals surface area contributed by atoms with E-state index in [2.05, 4.69) is 35.4 Å². The number of aryl methyl sites for hydroxylation is 2. The van der Waals surface area contributed by atoms with Crippen LogP contribution in [0.3, 0.4) is 0 Å². The lowest BCUT2D eigenvalue weighted by atomic mass is 9.85. The summed E-state index contributed by atoms with van der Waals surface area (Å²) < 4.78 is 5.17. The fourth-order valence-electron chi connectivity index (χ4n) is 3.83. The van der Waals surface area contributed by atoms with Crippen molar-refractivity contribution in [3.63, 3.8) is 0 Å². The molecule has 4 rings (SSSR count). The van der Waals surface area contributed by atoms with Gasteiger partial charge in [-0.05, 0) is 61.6 Å². The molecule has 4 heteroatoms. The molecule has 4 nitrogen and oxygen atoms in total. The van der Waals surface area contributed by atoms with Crippen molar-refractivity contribution in [3.8, 4) is 5.75 Å². The SMILES string of the molecule is COc1ccc(CNC(=O)C2CCc3[nH]c4ccc(C)cc4c3C2)cc1. The Bertz CT molecular complexity index is 941. The van der Waals surface area contributed by atoms with Crippen LogP contribution in [0, 0.1) is 12.8 Å². The maximum Gasteiger partial charge on any atom is 0.223 e. The predicted molar refractivity (Wildman–Crippen MR) is 103 cm³/mol. The minimum Gasteiger partial charge on any atom is -0.497 e. The average Bonchev–Trinajstić information content (AvgIpc) is 3.03. The number of benzene rings is 2. The predicted octanol–water partition coefficient (Wildman–Crippen LogP) is 3.91. The molecular formula is C22H24N2O2. The van der Waals surface area contributed by atoms with Gasteiger partial charge in [-0.15, -0.1) is 0 Å². The number of fused-ring (bicyclic) bond motifs is 3. The number of aromatic nitrogens is 1. The van der Waals surface area contributed by atoms with Crippen molar-refractivity contribution in [2.24, 2.45) is 5.92 Å². The molecule has 2 N–H and O–H groups in total. The Morgan fingerprint density at radius 1 is 1.23 bits per heavy atom. The largest absolute Gasteiger partial charge is 0.497 e. The number of methoxy groups -OCH3 is 1. The van der Waals surface area contributed by atoms with Crippen LogP contribution in [0.15, 0.2) is 42.5 Å². The molecule has 2 aromatic carbocycles. The summed E-state index contributed by atoms with van der Waals surface area (Å²) in [5.74, 6) is 1.02. The number of H-pyrrole nitrogens is 1. The summed E-state index contributed by atoms with van der Waals surface area (Å²) in [6.45, 7) is 2.67. The first kappa shape index (κ1) is 16.7. The lowest BCUT2D eigenvalue weighted by Crippen LogP contribution is -2.33. The van der Waals surface area contributed by atoms with Gasteiger partial charge in [0.1, 0.15) is 5.75 Å². The zero-order chi connectivity index (χ0) is 18.1. The number of amides is 1. The van der Waals surface area contributed by atoms with E-state index in [1.807, 2.05) is 24.3 Å². The maximum atomic E-state index is 12.7. The molecule has 1 aliphatic carbocycles. The Morgan fingerprint density at radius 3 is 2.81 bits per heavy atom. The van der Waals surface area contributed by atoms with Crippen LogP contribution in [-0.4, -0.2) is 18.0 Å². The highest BCUT2D eigenvalue weighted by Crippen LogP contribution is 2.32.